The first-order chi connectivity index (χ1) is 11.5. The van der Waals surface area contributed by atoms with Crippen LogP contribution in [0.3, 0.4) is 0 Å². The molecule has 0 amide bonds. The number of rotatable bonds is 6. The monoisotopic (exact) mass is 383 g/mol. The SMILES string of the molecule is O=S(=O)(NCc1ccc(C(O)c2ccsc2)s1)c1cccc(F)c1. The zero-order chi connectivity index (χ0) is 17.2. The average Bonchev–Trinajstić information content (AvgIpc) is 3.24. The molecule has 3 rings (SSSR count). The third kappa shape index (κ3) is 3.90. The maximum atomic E-state index is 13.2. The zero-order valence-corrected chi connectivity index (χ0v) is 14.8. The molecule has 2 aromatic heterocycles. The van der Waals surface area contributed by atoms with Gasteiger partial charge in [0.05, 0.1) is 4.90 Å². The second-order valence-corrected chi connectivity index (χ2v) is 8.79. The summed E-state index contributed by atoms with van der Waals surface area (Å²) in [6.07, 6.45) is -0.713. The van der Waals surface area contributed by atoms with Crippen molar-refractivity contribution in [2.75, 3.05) is 0 Å². The molecular formula is C16H14FNO3S3. The van der Waals surface area contributed by atoms with Gasteiger partial charge in [0, 0.05) is 16.3 Å². The van der Waals surface area contributed by atoms with Gasteiger partial charge in [-0.1, -0.05) is 6.07 Å². The van der Waals surface area contributed by atoms with Gasteiger partial charge in [-0.15, -0.1) is 11.3 Å². The Hall–Kier alpha value is -1.58. The molecule has 4 nitrogen and oxygen atoms in total. The summed E-state index contributed by atoms with van der Waals surface area (Å²) in [5.41, 5.74) is 0.814. The predicted octanol–water partition coefficient (Wildman–Crippen LogP) is 3.51. The summed E-state index contributed by atoms with van der Waals surface area (Å²) in [6.45, 7) is 0.0832. The number of benzene rings is 1. The molecule has 0 saturated carbocycles. The summed E-state index contributed by atoms with van der Waals surface area (Å²) in [5.74, 6) is -0.602. The van der Waals surface area contributed by atoms with E-state index in [2.05, 4.69) is 4.72 Å². The summed E-state index contributed by atoms with van der Waals surface area (Å²) < 4.78 is 39.9. The van der Waals surface area contributed by atoms with Gasteiger partial charge in [-0.05, 0) is 52.7 Å². The Morgan fingerprint density at radius 1 is 1.21 bits per heavy atom. The Labute approximate surface area is 147 Å². The molecule has 24 heavy (non-hydrogen) atoms. The molecular weight excluding hydrogens is 369 g/mol. The molecule has 0 bridgehead atoms. The van der Waals surface area contributed by atoms with Gasteiger partial charge in [-0.25, -0.2) is 17.5 Å². The van der Waals surface area contributed by atoms with Crippen molar-refractivity contribution in [3.8, 4) is 0 Å². The van der Waals surface area contributed by atoms with E-state index in [1.54, 1.807) is 12.1 Å². The van der Waals surface area contributed by atoms with Crippen molar-refractivity contribution >= 4 is 32.7 Å². The molecule has 0 fully saturated rings. The molecule has 1 aromatic carbocycles. The topological polar surface area (TPSA) is 66.4 Å². The lowest BCUT2D eigenvalue weighted by Crippen LogP contribution is -2.22. The third-order valence-corrected chi connectivity index (χ3v) is 6.59. The Bertz CT molecular complexity index is 920. The van der Waals surface area contributed by atoms with Crippen LogP contribution in [0.25, 0.3) is 0 Å². The van der Waals surface area contributed by atoms with Gasteiger partial charge in [0.2, 0.25) is 10.0 Å². The smallest absolute Gasteiger partial charge is 0.240 e. The summed E-state index contributed by atoms with van der Waals surface area (Å²) in [5, 5.41) is 14.0. The molecule has 2 heterocycles. The lowest BCUT2D eigenvalue weighted by molar-refractivity contribution is 0.224. The molecule has 8 heteroatoms. The molecule has 1 atom stereocenters. The minimum Gasteiger partial charge on any atom is -0.383 e. The molecule has 2 N–H and O–H groups in total. The Kier molecular flexibility index (Phi) is 5.12. The molecule has 0 aliphatic heterocycles. The minimum atomic E-state index is -3.78. The largest absolute Gasteiger partial charge is 0.383 e. The van der Waals surface area contributed by atoms with Crippen molar-refractivity contribution in [2.24, 2.45) is 0 Å². The molecule has 0 saturated heterocycles. The second-order valence-electron chi connectivity index (χ2n) is 5.05. The van der Waals surface area contributed by atoms with E-state index in [9.17, 15) is 17.9 Å². The highest BCUT2D eigenvalue weighted by Gasteiger charge is 2.17. The van der Waals surface area contributed by atoms with Crippen LogP contribution in [0.15, 0.2) is 58.1 Å². The first-order valence-electron chi connectivity index (χ1n) is 7.00. The minimum absolute atomic E-state index is 0.0832. The maximum absolute atomic E-state index is 13.2. The molecule has 1 unspecified atom stereocenters. The van der Waals surface area contributed by atoms with Crippen LogP contribution in [-0.4, -0.2) is 13.5 Å². The molecule has 0 spiro atoms. The number of nitrogens with one attached hydrogen (secondary N) is 1. The number of sulfonamides is 1. The van der Waals surface area contributed by atoms with Crippen LogP contribution in [0.1, 0.15) is 21.4 Å². The maximum Gasteiger partial charge on any atom is 0.240 e. The average molecular weight is 383 g/mol. The van der Waals surface area contributed by atoms with Crippen LogP contribution < -0.4 is 4.72 Å². The van der Waals surface area contributed by atoms with E-state index in [0.29, 0.717) is 0 Å². The number of aliphatic hydroxyl groups excluding tert-OH is 1. The lowest BCUT2D eigenvalue weighted by atomic mass is 10.2. The molecule has 126 valence electrons. The first-order valence-corrected chi connectivity index (χ1v) is 10.2. The molecule has 0 radical (unpaired) electrons. The number of aliphatic hydroxyl groups is 1. The highest BCUT2D eigenvalue weighted by atomic mass is 32.2. The van der Waals surface area contributed by atoms with Gasteiger partial charge < -0.3 is 5.11 Å². The fourth-order valence-electron chi connectivity index (χ4n) is 2.11. The van der Waals surface area contributed by atoms with Crippen molar-refractivity contribution in [1.82, 2.24) is 4.72 Å². The van der Waals surface area contributed by atoms with Gasteiger partial charge in [-0.3, -0.25) is 0 Å². The van der Waals surface area contributed by atoms with Gasteiger partial charge in [0.1, 0.15) is 11.9 Å². The van der Waals surface area contributed by atoms with Gasteiger partial charge >= 0.3 is 0 Å². The van der Waals surface area contributed by atoms with Gasteiger partial charge in [0.25, 0.3) is 0 Å². The van der Waals surface area contributed by atoms with Crippen molar-refractivity contribution in [3.63, 3.8) is 0 Å². The fraction of sp³-hybridized carbons (Fsp3) is 0.125. The summed E-state index contributed by atoms with van der Waals surface area (Å²) in [4.78, 5) is 1.39. The van der Waals surface area contributed by atoms with Crippen LogP contribution in [-0.2, 0) is 16.6 Å². The summed E-state index contributed by atoms with van der Waals surface area (Å²) >= 11 is 2.84. The fourth-order valence-corrected chi connectivity index (χ4v) is 4.89. The number of halogens is 1. The quantitative estimate of drug-likeness (QED) is 0.685. The van der Waals surface area contributed by atoms with E-state index >= 15 is 0 Å². The van der Waals surface area contributed by atoms with Crippen LogP contribution in [0, 0.1) is 5.82 Å². The summed E-state index contributed by atoms with van der Waals surface area (Å²) in [7, 11) is -3.78. The van der Waals surface area contributed by atoms with E-state index < -0.39 is 21.9 Å². The van der Waals surface area contributed by atoms with E-state index in [1.165, 1.54) is 40.9 Å². The Morgan fingerprint density at radius 3 is 2.75 bits per heavy atom. The van der Waals surface area contributed by atoms with Crippen LogP contribution in [0.4, 0.5) is 4.39 Å². The second kappa shape index (κ2) is 7.12. The van der Waals surface area contributed by atoms with Gasteiger partial charge in [0.15, 0.2) is 0 Å². The third-order valence-electron chi connectivity index (χ3n) is 3.35. The van der Waals surface area contributed by atoms with Crippen LogP contribution in [0.5, 0.6) is 0 Å². The van der Waals surface area contributed by atoms with Crippen LogP contribution in [0.2, 0.25) is 0 Å². The predicted molar refractivity (Wildman–Crippen MR) is 93.1 cm³/mol. The highest BCUT2D eigenvalue weighted by molar-refractivity contribution is 7.89. The van der Waals surface area contributed by atoms with E-state index in [4.69, 9.17) is 0 Å². The van der Waals surface area contributed by atoms with Crippen LogP contribution >= 0.6 is 22.7 Å². The number of hydrogen-bond acceptors (Lipinski definition) is 5. The first kappa shape index (κ1) is 17.2. The lowest BCUT2D eigenvalue weighted by Gasteiger charge is -2.06. The van der Waals surface area contributed by atoms with E-state index in [-0.39, 0.29) is 11.4 Å². The zero-order valence-electron chi connectivity index (χ0n) is 12.3. The standard InChI is InChI=1S/C16H14FNO3S3/c17-12-2-1-3-14(8-12)24(20,21)18-9-13-4-5-15(23-13)16(19)11-6-7-22-10-11/h1-8,10,16,18-19H,9H2. The molecule has 0 aliphatic carbocycles. The Morgan fingerprint density at radius 2 is 2.04 bits per heavy atom. The van der Waals surface area contributed by atoms with E-state index in [1.807, 2.05) is 16.8 Å². The molecule has 3 aromatic rings. The van der Waals surface area contributed by atoms with Crippen molar-refractivity contribution < 1.29 is 17.9 Å². The van der Waals surface area contributed by atoms with Crippen molar-refractivity contribution in [2.45, 2.75) is 17.5 Å². The number of hydrogen-bond donors (Lipinski definition) is 2. The highest BCUT2D eigenvalue weighted by Crippen LogP contribution is 2.29. The Balaban J connectivity index is 1.69. The van der Waals surface area contributed by atoms with Crippen molar-refractivity contribution in [3.05, 3.63) is 74.4 Å². The van der Waals surface area contributed by atoms with E-state index in [0.717, 1.165) is 21.4 Å². The molecule has 0 aliphatic rings. The normalized spacial score (nSPS) is 13.1. The summed E-state index contributed by atoms with van der Waals surface area (Å²) in [6, 6.07) is 10.2. The number of thiophene rings is 2. The van der Waals surface area contributed by atoms with Crippen molar-refractivity contribution in [1.29, 1.82) is 0 Å². The van der Waals surface area contributed by atoms with Gasteiger partial charge in [-0.2, -0.15) is 11.3 Å².